The van der Waals surface area contributed by atoms with E-state index in [9.17, 15) is 12.8 Å². The highest BCUT2D eigenvalue weighted by Gasteiger charge is 2.42. The number of ether oxygens (including phenoxy) is 1. The number of rotatable bonds is 7. The summed E-state index contributed by atoms with van der Waals surface area (Å²) in [6.07, 6.45) is 5.63. The molecule has 0 saturated carbocycles. The van der Waals surface area contributed by atoms with Gasteiger partial charge in [-0.2, -0.15) is 4.31 Å². The number of hydrogen-bond acceptors (Lipinski definition) is 9. The molecule has 14 heteroatoms. The first-order valence-electron chi connectivity index (χ1n) is 14.7. The molecule has 44 heavy (non-hydrogen) atoms. The molecule has 0 aliphatic carbocycles. The van der Waals surface area contributed by atoms with Gasteiger partial charge in [0.2, 0.25) is 16.0 Å². The summed E-state index contributed by atoms with van der Waals surface area (Å²) in [5.41, 5.74) is 1.52. The summed E-state index contributed by atoms with van der Waals surface area (Å²) in [7, 11) is -3.28. The third-order valence-electron chi connectivity index (χ3n) is 8.23. The highest BCUT2D eigenvalue weighted by Crippen LogP contribution is 2.32. The second-order valence-corrected chi connectivity index (χ2v) is 13.9. The molecule has 1 aromatic carbocycles. The van der Waals surface area contributed by atoms with E-state index in [1.54, 1.807) is 18.3 Å². The number of imidazole rings is 1. The summed E-state index contributed by atoms with van der Waals surface area (Å²) >= 11 is 0. The minimum atomic E-state index is -3.28. The van der Waals surface area contributed by atoms with Crippen molar-refractivity contribution in [2.75, 3.05) is 44.4 Å². The SMILES string of the molecule is Cc1nc2c(F)cc(-c3nc(Nc4ccc(CN5CCO[C@@]6(CCCN(S(C)(=O)=O)C6)C5)cn4)ncc3F)cc2n1C(C)C.[HH]. The van der Waals surface area contributed by atoms with Crippen molar-refractivity contribution in [3.8, 4) is 11.3 Å². The Morgan fingerprint density at radius 3 is 2.64 bits per heavy atom. The first kappa shape index (κ1) is 30.4. The maximum absolute atomic E-state index is 15.0. The predicted octanol–water partition coefficient (Wildman–Crippen LogP) is 4.67. The first-order valence-corrected chi connectivity index (χ1v) is 16.5. The molecule has 236 valence electrons. The van der Waals surface area contributed by atoms with Gasteiger partial charge in [-0.25, -0.2) is 37.1 Å². The quantitative estimate of drug-likeness (QED) is 0.312. The third kappa shape index (κ3) is 6.16. The van der Waals surface area contributed by atoms with Crippen LogP contribution in [0.5, 0.6) is 0 Å². The van der Waals surface area contributed by atoms with E-state index in [1.807, 2.05) is 31.4 Å². The number of nitrogens with one attached hydrogen (secondary N) is 1. The predicted molar refractivity (Wildman–Crippen MR) is 165 cm³/mol. The van der Waals surface area contributed by atoms with Gasteiger partial charge in [-0.05, 0) is 57.4 Å². The molecule has 2 aliphatic rings. The fraction of sp³-hybridized carbons (Fsp3) is 0.467. The van der Waals surface area contributed by atoms with Gasteiger partial charge in [0.05, 0.1) is 30.2 Å². The van der Waals surface area contributed by atoms with Crippen LogP contribution in [0.1, 0.15) is 45.5 Å². The molecular weight excluding hydrogens is 590 g/mol. The normalized spacial score (nSPS) is 20.2. The van der Waals surface area contributed by atoms with Crippen molar-refractivity contribution in [1.82, 2.24) is 33.7 Å². The Morgan fingerprint density at radius 1 is 1.09 bits per heavy atom. The van der Waals surface area contributed by atoms with E-state index in [-0.39, 0.29) is 30.2 Å². The number of sulfonamides is 1. The molecule has 1 N–H and O–H groups in total. The Labute approximate surface area is 256 Å². The molecule has 5 heterocycles. The average molecular weight is 629 g/mol. The number of piperidine rings is 1. The number of benzene rings is 1. The van der Waals surface area contributed by atoms with Crippen LogP contribution < -0.4 is 5.32 Å². The second kappa shape index (κ2) is 11.7. The van der Waals surface area contributed by atoms with Gasteiger partial charge < -0.3 is 14.6 Å². The average Bonchev–Trinajstić information content (AvgIpc) is 3.31. The number of hydrogen-bond donors (Lipinski definition) is 1. The molecule has 2 aliphatic heterocycles. The van der Waals surface area contributed by atoms with E-state index in [0.717, 1.165) is 31.1 Å². The lowest BCUT2D eigenvalue weighted by molar-refractivity contribution is -0.131. The molecule has 2 saturated heterocycles. The maximum atomic E-state index is 15.0. The summed E-state index contributed by atoms with van der Waals surface area (Å²) in [5, 5.41) is 3.02. The summed E-state index contributed by atoms with van der Waals surface area (Å²) in [6.45, 7) is 9.20. The van der Waals surface area contributed by atoms with Crippen LogP contribution in [-0.4, -0.2) is 86.8 Å². The summed E-state index contributed by atoms with van der Waals surface area (Å²) in [6, 6.07) is 6.70. The molecule has 4 aromatic rings. The maximum Gasteiger partial charge on any atom is 0.229 e. The van der Waals surface area contributed by atoms with E-state index < -0.39 is 27.3 Å². The number of fused-ring (bicyclic) bond motifs is 1. The number of pyridine rings is 1. The molecule has 6 rings (SSSR count). The molecule has 3 aromatic heterocycles. The van der Waals surface area contributed by atoms with Gasteiger partial charge in [0.25, 0.3) is 0 Å². The van der Waals surface area contributed by atoms with Crippen molar-refractivity contribution < 1.29 is 23.4 Å². The fourth-order valence-electron chi connectivity index (χ4n) is 6.30. The van der Waals surface area contributed by atoms with Gasteiger partial charge in [0.1, 0.15) is 22.9 Å². The number of aromatic nitrogens is 5. The number of nitrogens with zero attached hydrogens (tertiary/aromatic N) is 7. The number of halogens is 2. The monoisotopic (exact) mass is 628 g/mol. The summed E-state index contributed by atoms with van der Waals surface area (Å²) < 4.78 is 63.8. The Bertz CT molecular complexity index is 1800. The zero-order valence-electron chi connectivity index (χ0n) is 25.2. The van der Waals surface area contributed by atoms with Crippen LogP contribution in [-0.2, 0) is 21.3 Å². The van der Waals surface area contributed by atoms with Crippen molar-refractivity contribution in [3.05, 3.63) is 59.7 Å². The van der Waals surface area contributed by atoms with Gasteiger partial charge in [0.15, 0.2) is 11.6 Å². The van der Waals surface area contributed by atoms with Gasteiger partial charge in [-0.15, -0.1) is 0 Å². The minimum absolute atomic E-state index is 0. The lowest BCUT2D eigenvalue weighted by Gasteiger charge is -2.47. The largest absolute Gasteiger partial charge is 0.371 e. The fourth-order valence-corrected chi connectivity index (χ4v) is 7.23. The smallest absolute Gasteiger partial charge is 0.229 e. The zero-order chi connectivity index (χ0) is 31.2. The van der Waals surface area contributed by atoms with Crippen LogP contribution in [0, 0.1) is 18.6 Å². The molecule has 1 spiro atoms. The molecule has 0 bridgehead atoms. The molecule has 0 amide bonds. The third-order valence-corrected chi connectivity index (χ3v) is 9.48. The van der Waals surface area contributed by atoms with Crippen molar-refractivity contribution in [2.45, 2.75) is 51.8 Å². The Morgan fingerprint density at radius 2 is 1.91 bits per heavy atom. The van der Waals surface area contributed by atoms with Crippen LogP contribution in [0.3, 0.4) is 0 Å². The van der Waals surface area contributed by atoms with Gasteiger partial charge in [0, 0.05) is 52.0 Å². The van der Waals surface area contributed by atoms with E-state index >= 15 is 4.39 Å². The van der Waals surface area contributed by atoms with Crippen LogP contribution in [0.4, 0.5) is 20.5 Å². The van der Waals surface area contributed by atoms with Crippen LogP contribution >= 0.6 is 0 Å². The van der Waals surface area contributed by atoms with Crippen molar-refractivity contribution >= 4 is 32.8 Å². The first-order chi connectivity index (χ1) is 20.9. The number of morpholine rings is 1. The topological polar surface area (TPSA) is 118 Å². The molecule has 1 atom stereocenters. The van der Waals surface area contributed by atoms with Gasteiger partial charge >= 0.3 is 0 Å². The molecule has 2 fully saturated rings. The Balaban J connectivity index is 0.00000400. The van der Waals surface area contributed by atoms with Gasteiger partial charge in [-0.3, -0.25) is 4.90 Å². The van der Waals surface area contributed by atoms with Crippen LogP contribution in [0.25, 0.3) is 22.3 Å². The van der Waals surface area contributed by atoms with Crippen molar-refractivity contribution in [2.24, 2.45) is 0 Å². The van der Waals surface area contributed by atoms with E-state index in [4.69, 9.17) is 4.74 Å². The molecular formula is C30H38F2N8O3S. The van der Waals surface area contributed by atoms with E-state index in [0.29, 0.717) is 49.9 Å². The van der Waals surface area contributed by atoms with Gasteiger partial charge in [-0.1, -0.05) is 6.07 Å². The zero-order valence-corrected chi connectivity index (χ0v) is 26.0. The lowest BCUT2D eigenvalue weighted by atomic mass is 9.92. The summed E-state index contributed by atoms with van der Waals surface area (Å²) in [4.78, 5) is 19.5. The van der Waals surface area contributed by atoms with Crippen molar-refractivity contribution in [1.29, 1.82) is 0 Å². The van der Waals surface area contributed by atoms with E-state index in [2.05, 4.69) is 30.2 Å². The molecule has 0 unspecified atom stereocenters. The Hall–Kier alpha value is -3.59. The molecule has 0 radical (unpaired) electrons. The minimum Gasteiger partial charge on any atom is -0.371 e. The van der Waals surface area contributed by atoms with Crippen LogP contribution in [0.15, 0.2) is 36.7 Å². The molecule has 11 nitrogen and oxygen atoms in total. The standard InChI is InChI=1S/C30H36F2N8O3S.H2/c1-19(2)40-20(3)35-28-23(31)12-22(13-25(28)40)27-24(32)15-34-29(37-27)36-26-7-6-21(14-33-26)16-38-10-11-43-30(17-38)8-5-9-39(18-30)44(4,41)42;/h6-7,12-15,19H,5,8-11,16-18H2,1-4H3,(H,33,34,36,37);1H/t30-;/m0./s1. The highest BCUT2D eigenvalue weighted by atomic mass is 32.2. The summed E-state index contributed by atoms with van der Waals surface area (Å²) in [5.74, 6) is 0.0411. The lowest BCUT2D eigenvalue weighted by Crippen LogP contribution is -2.60. The Kier molecular flexibility index (Phi) is 8.11. The number of aryl methyl sites for hydroxylation is 1. The highest BCUT2D eigenvalue weighted by molar-refractivity contribution is 7.88. The van der Waals surface area contributed by atoms with Crippen LogP contribution in [0.2, 0.25) is 0 Å². The van der Waals surface area contributed by atoms with E-state index in [1.165, 1.54) is 16.6 Å². The second-order valence-electron chi connectivity index (χ2n) is 12.0. The number of anilines is 2. The van der Waals surface area contributed by atoms with Crippen molar-refractivity contribution in [3.63, 3.8) is 0 Å².